The number of hydrogen-bond donors (Lipinski definition) is 1. The van der Waals surface area contributed by atoms with Gasteiger partial charge in [-0.25, -0.2) is 0 Å². The Morgan fingerprint density at radius 2 is 1.73 bits per heavy atom. The topological polar surface area (TPSA) is 72.8 Å². The lowest BCUT2D eigenvalue weighted by atomic mass is 9.83. The molecule has 1 aromatic rings. The van der Waals surface area contributed by atoms with Gasteiger partial charge in [0, 0.05) is 0 Å². The Balaban J connectivity index is 1.69. The zero-order chi connectivity index (χ0) is 15.8. The maximum absolute atomic E-state index is 12.0. The highest BCUT2D eigenvalue weighted by atomic mass is 16.6. The molecule has 0 aromatic heterocycles. The highest BCUT2D eigenvalue weighted by molar-refractivity contribution is 5.81. The average Bonchev–Trinajstić information content (AvgIpc) is 2.55. The number of aliphatic carboxylic acids is 1. The first-order chi connectivity index (χ1) is 10.7. The van der Waals surface area contributed by atoms with Crippen LogP contribution in [-0.4, -0.2) is 30.3 Å². The number of carbonyl (C=O) groups excluding carboxylic acids is 1. The van der Waals surface area contributed by atoms with Gasteiger partial charge >= 0.3 is 11.9 Å². The van der Waals surface area contributed by atoms with Crippen molar-refractivity contribution in [3.8, 4) is 0 Å². The van der Waals surface area contributed by atoms with Gasteiger partial charge in [0.2, 0.25) is 0 Å². The molecule has 0 radical (unpaired) electrons. The summed E-state index contributed by atoms with van der Waals surface area (Å²) in [6.45, 7) is 0.890. The first kappa shape index (κ1) is 16.2. The molecule has 5 nitrogen and oxygen atoms in total. The summed E-state index contributed by atoms with van der Waals surface area (Å²) >= 11 is 0. The van der Waals surface area contributed by atoms with Crippen molar-refractivity contribution in [2.45, 2.75) is 19.4 Å². The molecule has 5 heteroatoms. The van der Waals surface area contributed by atoms with Crippen molar-refractivity contribution in [2.24, 2.45) is 11.8 Å². The maximum Gasteiger partial charge on any atom is 0.310 e. The van der Waals surface area contributed by atoms with Crippen molar-refractivity contribution in [1.82, 2.24) is 0 Å². The third-order valence-electron chi connectivity index (χ3n) is 3.64. The van der Waals surface area contributed by atoms with E-state index >= 15 is 0 Å². The second-order valence-corrected chi connectivity index (χ2v) is 5.20. The van der Waals surface area contributed by atoms with Crippen LogP contribution in [0.2, 0.25) is 0 Å². The van der Waals surface area contributed by atoms with Crippen molar-refractivity contribution in [3.05, 3.63) is 48.0 Å². The Morgan fingerprint density at radius 1 is 1.05 bits per heavy atom. The largest absolute Gasteiger partial charge is 0.481 e. The molecule has 0 heterocycles. The summed E-state index contributed by atoms with van der Waals surface area (Å²) in [5.74, 6) is -2.70. The SMILES string of the molecule is O=C(O)C1CC=CCC1C(=O)OCCOCc1ccccc1. The quantitative estimate of drug-likeness (QED) is 0.476. The van der Waals surface area contributed by atoms with E-state index in [1.807, 2.05) is 36.4 Å². The third kappa shape index (κ3) is 4.70. The van der Waals surface area contributed by atoms with Crippen LogP contribution in [0.5, 0.6) is 0 Å². The molecule has 22 heavy (non-hydrogen) atoms. The van der Waals surface area contributed by atoms with Gasteiger partial charge < -0.3 is 14.6 Å². The molecule has 2 rings (SSSR count). The van der Waals surface area contributed by atoms with Gasteiger partial charge in [0.1, 0.15) is 6.61 Å². The highest BCUT2D eigenvalue weighted by Crippen LogP contribution is 2.26. The smallest absolute Gasteiger partial charge is 0.310 e. The Labute approximate surface area is 129 Å². The number of carboxylic acids is 1. The Bertz CT molecular complexity index is 523. The van der Waals surface area contributed by atoms with Gasteiger partial charge in [-0.3, -0.25) is 9.59 Å². The summed E-state index contributed by atoms with van der Waals surface area (Å²) in [6.07, 6.45) is 4.42. The summed E-state index contributed by atoms with van der Waals surface area (Å²) in [4.78, 5) is 23.1. The molecular formula is C17H20O5. The van der Waals surface area contributed by atoms with E-state index in [9.17, 15) is 9.59 Å². The van der Waals surface area contributed by atoms with Crippen LogP contribution in [0.25, 0.3) is 0 Å². The lowest BCUT2D eigenvalue weighted by Crippen LogP contribution is -2.32. The Morgan fingerprint density at radius 3 is 2.41 bits per heavy atom. The number of carboxylic acid groups (broad SMARTS) is 1. The molecule has 0 spiro atoms. The summed E-state index contributed by atoms with van der Waals surface area (Å²) in [7, 11) is 0. The zero-order valence-electron chi connectivity index (χ0n) is 12.3. The van der Waals surface area contributed by atoms with E-state index in [4.69, 9.17) is 14.6 Å². The highest BCUT2D eigenvalue weighted by Gasteiger charge is 2.34. The minimum Gasteiger partial charge on any atom is -0.481 e. The normalized spacial score (nSPS) is 20.5. The number of allylic oxidation sites excluding steroid dienone is 2. The van der Waals surface area contributed by atoms with Gasteiger partial charge in [-0.05, 0) is 18.4 Å². The van der Waals surface area contributed by atoms with Crippen molar-refractivity contribution >= 4 is 11.9 Å². The molecule has 1 aliphatic rings. The van der Waals surface area contributed by atoms with Crippen LogP contribution in [-0.2, 0) is 25.7 Å². The van der Waals surface area contributed by atoms with Gasteiger partial charge in [-0.2, -0.15) is 0 Å². The van der Waals surface area contributed by atoms with Crippen molar-refractivity contribution < 1.29 is 24.2 Å². The van der Waals surface area contributed by atoms with Crippen LogP contribution < -0.4 is 0 Å². The summed E-state index contributed by atoms with van der Waals surface area (Å²) < 4.78 is 10.6. The van der Waals surface area contributed by atoms with Gasteiger partial charge in [0.15, 0.2) is 0 Å². The fourth-order valence-electron chi connectivity index (χ4n) is 2.42. The van der Waals surface area contributed by atoms with Crippen molar-refractivity contribution in [1.29, 1.82) is 0 Å². The van der Waals surface area contributed by atoms with Gasteiger partial charge in [0.25, 0.3) is 0 Å². The zero-order valence-corrected chi connectivity index (χ0v) is 12.3. The molecule has 1 aliphatic carbocycles. The summed E-state index contributed by atoms with van der Waals surface area (Å²) in [5, 5.41) is 9.13. The number of rotatable bonds is 7. The van der Waals surface area contributed by atoms with Crippen LogP contribution in [0.1, 0.15) is 18.4 Å². The predicted octanol–water partition coefficient (Wildman–Crippen LogP) is 2.41. The second-order valence-electron chi connectivity index (χ2n) is 5.20. The fraction of sp³-hybridized carbons (Fsp3) is 0.412. The average molecular weight is 304 g/mol. The molecule has 2 unspecified atom stereocenters. The van der Waals surface area contributed by atoms with Crippen LogP contribution in [0.15, 0.2) is 42.5 Å². The molecule has 0 aliphatic heterocycles. The molecule has 0 amide bonds. The standard InChI is InChI=1S/C17H20O5/c18-16(19)14-8-4-5-9-15(14)17(20)22-11-10-21-12-13-6-2-1-3-7-13/h1-7,14-15H,8-12H2,(H,18,19). The Kier molecular flexibility index (Phi) is 6.15. The lowest BCUT2D eigenvalue weighted by molar-refractivity contribution is -0.159. The van der Waals surface area contributed by atoms with E-state index in [1.165, 1.54) is 0 Å². The van der Waals surface area contributed by atoms with E-state index in [2.05, 4.69) is 0 Å². The van der Waals surface area contributed by atoms with E-state index in [0.717, 1.165) is 5.56 Å². The minimum atomic E-state index is -0.952. The van der Waals surface area contributed by atoms with Gasteiger partial charge in [-0.15, -0.1) is 0 Å². The van der Waals surface area contributed by atoms with E-state index in [0.29, 0.717) is 26.1 Å². The lowest BCUT2D eigenvalue weighted by Gasteiger charge is -2.23. The molecule has 0 fully saturated rings. The molecule has 0 saturated carbocycles. The van der Waals surface area contributed by atoms with Crippen LogP contribution >= 0.6 is 0 Å². The summed E-state index contributed by atoms with van der Waals surface area (Å²) in [5.41, 5.74) is 1.05. The van der Waals surface area contributed by atoms with Crippen LogP contribution in [0.4, 0.5) is 0 Å². The van der Waals surface area contributed by atoms with Crippen LogP contribution in [0.3, 0.4) is 0 Å². The second kappa shape index (κ2) is 8.34. The first-order valence-corrected chi connectivity index (χ1v) is 7.34. The molecule has 2 atom stereocenters. The van der Waals surface area contributed by atoms with Gasteiger partial charge in [0.05, 0.1) is 25.0 Å². The molecular weight excluding hydrogens is 284 g/mol. The summed E-state index contributed by atoms with van der Waals surface area (Å²) in [6, 6.07) is 9.71. The third-order valence-corrected chi connectivity index (χ3v) is 3.64. The molecule has 0 saturated heterocycles. The van der Waals surface area contributed by atoms with Crippen molar-refractivity contribution in [3.63, 3.8) is 0 Å². The molecule has 1 aromatic carbocycles. The minimum absolute atomic E-state index is 0.137. The number of benzene rings is 1. The number of carbonyl (C=O) groups is 2. The fourth-order valence-corrected chi connectivity index (χ4v) is 2.42. The number of esters is 1. The molecule has 0 bridgehead atoms. The number of hydrogen-bond acceptors (Lipinski definition) is 4. The molecule has 1 N–H and O–H groups in total. The van der Waals surface area contributed by atoms with E-state index < -0.39 is 23.8 Å². The first-order valence-electron chi connectivity index (χ1n) is 7.34. The van der Waals surface area contributed by atoms with Crippen LogP contribution in [0, 0.1) is 11.8 Å². The van der Waals surface area contributed by atoms with Gasteiger partial charge in [-0.1, -0.05) is 42.5 Å². The predicted molar refractivity (Wildman–Crippen MR) is 80.0 cm³/mol. The number of ether oxygens (including phenoxy) is 2. The maximum atomic E-state index is 12.0. The Hall–Kier alpha value is -2.14. The van der Waals surface area contributed by atoms with E-state index in [-0.39, 0.29) is 6.61 Å². The monoisotopic (exact) mass is 304 g/mol. The molecule has 118 valence electrons. The van der Waals surface area contributed by atoms with E-state index in [1.54, 1.807) is 6.08 Å². The van der Waals surface area contributed by atoms with Crippen molar-refractivity contribution in [2.75, 3.05) is 13.2 Å².